The molecule has 1 rings (SSSR count). The summed E-state index contributed by atoms with van der Waals surface area (Å²) in [5.74, 6) is -6.36. The van der Waals surface area contributed by atoms with E-state index in [4.69, 9.17) is 5.11 Å². The van der Waals surface area contributed by atoms with Crippen molar-refractivity contribution in [2.24, 2.45) is 0 Å². The lowest BCUT2D eigenvalue weighted by Gasteiger charge is -2.19. The summed E-state index contributed by atoms with van der Waals surface area (Å²) in [4.78, 5) is 20.6. The third-order valence-electron chi connectivity index (χ3n) is 1.68. The van der Waals surface area contributed by atoms with Gasteiger partial charge in [0, 0.05) is 0 Å². The lowest BCUT2D eigenvalue weighted by molar-refractivity contribution is -0.180. The lowest BCUT2D eigenvalue weighted by atomic mass is 10.1. The van der Waals surface area contributed by atoms with Crippen molar-refractivity contribution < 1.29 is 28.2 Å². The Morgan fingerprint density at radius 3 is 2.54 bits per heavy atom. The van der Waals surface area contributed by atoms with Gasteiger partial charge in [-0.05, 0) is 6.92 Å². The van der Waals surface area contributed by atoms with Crippen LogP contribution in [0, 0.1) is 0 Å². The van der Waals surface area contributed by atoms with Gasteiger partial charge in [-0.25, -0.2) is 9.59 Å². The van der Waals surface area contributed by atoms with Crippen molar-refractivity contribution in [1.29, 1.82) is 0 Å². The molecular weight excluding hydrogens is 188 g/mol. The number of carboxylic acid groups (broad SMARTS) is 1. The van der Waals surface area contributed by atoms with Gasteiger partial charge in [0.05, 0.1) is 6.04 Å². The van der Waals surface area contributed by atoms with Gasteiger partial charge in [-0.1, -0.05) is 0 Å². The van der Waals surface area contributed by atoms with Gasteiger partial charge in [-0.15, -0.1) is 0 Å². The molecule has 1 aliphatic heterocycles. The molecule has 1 aliphatic rings. The fourth-order valence-electron chi connectivity index (χ4n) is 1.02. The average Bonchev–Trinajstić information content (AvgIpc) is 2.30. The molecule has 2 atom stereocenters. The highest BCUT2D eigenvalue weighted by Gasteiger charge is 2.55. The van der Waals surface area contributed by atoms with E-state index in [9.17, 15) is 18.4 Å². The van der Waals surface area contributed by atoms with Crippen molar-refractivity contribution >= 4 is 12.1 Å². The quantitative estimate of drug-likeness (QED) is 0.660. The summed E-state index contributed by atoms with van der Waals surface area (Å²) in [5.41, 5.74) is 0. The van der Waals surface area contributed by atoms with Crippen LogP contribution in [0.1, 0.15) is 6.92 Å². The number of hydrogen-bond donors (Lipinski definition) is 2. The van der Waals surface area contributed by atoms with Crippen LogP contribution in [-0.4, -0.2) is 35.2 Å². The fraction of sp³-hybridized carbons (Fsp3) is 0.667. The third kappa shape index (κ3) is 1.53. The van der Waals surface area contributed by atoms with Crippen LogP contribution in [0.4, 0.5) is 13.6 Å². The monoisotopic (exact) mass is 195 g/mol. The number of amides is 1. The van der Waals surface area contributed by atoms with E-state index in [-0.39, 0.29) is 0 Å². The highest BCUT2D eigenvalue weighted by Crippen LogP contribution is 2.27. The number of ether oxygens (including phenoxy) is 1. The first kappa shape index (κ1) is 9.69. The minimum absolute atomic E-state index is 1.02. The van der Waals surface area contributed by atoms with Crippen molar-refractivity contribution in [3.63, 3.8) is 0 Å². The minimum atomic E-state index is -4.06. The summed E-state index contributed by atoms with van der Waals surface area (Å²) in [6.45, 7) is 1.24. The number of halogens is 2. The Kier molecular flexibility index (Phi) is 2.10. The second kappa shape index (κ2) is 2.82. The molecule has 1 saturated heterocycles. The number of cyclic esters (lactones) is 1. The zero-order valence-corrected chi connectivity index (χ0v) is 6.58. The fourth-order valence-corrected chi connectivity index (χ4v) is 1.02. The molecule has 0 aromatic rings. The normalized spacial score (nSPS) is 28.1. The van der Waals surface area contributed by atoms with E-state index in [0.717, 1.165) is 0 Å². The van der Waals surface area contributed by atoms with Crippen LogP contribution in [0.25, 0.3) is 0 Å². The van der Waals surface area contributed by atoms with Crippen LogP contribution in [-0.2, 0) is 9.53 Å². The molecule has 1 fully saturated rings. The maximum atomic E-state index is 12.8. The molecule has 2 N–H and O–H groups in total. The number of hydrogen-bond acceptors (Lipinski definition) is 3. The molecule has 0 radical (unpaired) electrons. The second-order valence-corrected chi connectivity index (χ2v) is 2.69. The number of carbonyl (C=O) groups excluding carboxylic acids is 1. The molecular formula is C6H7F2NO4. The molecule has 0 bridgehead atoms. The molecule has 7 heteroatoms. The zero-order chi connectivity index (χ0) is 10.2. The predicted octanol–water partition coefficient (Wildman–Crippen LogP) is 0.203. The molecule has 0 unspecified atom stereocenters. The first-order chi connectivity index (χ1) is 5.85. The van der Waals surface area contributed by atoms with Crippen LogP contribution >= 0.6 is 0 Å². The van der Waals surface area contributed by atoms with Gasteiger partial charge >= 0.3 is 18.0 Å². The Hall–Kier alpha value is -1.40. The molecule has 74 valence electrons. The van der Waals surface area contributed by atoms with E-state index >= 15 is 0 Å². The molecule has 0 spiro atoms. The highest BCUT2D eigenvalue weighted by molar-refractivity contribution is 5.79. The Balaban J connectivity index is 2.83. The van der Waals surface area contributed by atoms with E-state index in [1.54, 1.807) is 0 Å². The Labute approximate surface area is 71.7 Å². The van der Waals surface area contributed by atoms with Gasteiger partial charge < -0.3 is 15.2 Å². The van der Waals surface area contributed by atoms with E-state index in [0.29, 0.717) is 0 Å². The van der Waals surface area contributed by atoms with E-state index < -0.39 is 30.1 Å². The summed E-state index contributed by atoms with van der Waals surface area (Å²) < 4.78 is 29.6. The molecule has 1 heterocycles. The third-order valence-corrected chi connectivity index (χ3v) is 1.68. The van der Waals surface area contributed by atoms with E-state index in [2.05, 4.69) is 4.74 Å². The van der Waals surface area contributed by atoms with E-state index in [1.807, 2.05) is 5.32 Å². The smallest absolute Gasteiger partial charge is 0.408 e. The summed E-state index contributed by atoms with van der Waals surface area (Å²) in [7, 11) is 0. The molecule has 0 aliphatic carbocycles. The summed E-state index contributed by atoms with van der Waals surface area (Å²) in [6, 6.07) is -1.02. The highest BCUT2D eigenvalue weighted by atomic mass is 19.3. The van der Waals surface area contributed by atoms with E-state index in [1.165, 1.54) is 6.92 Å². The first-order valence-corrected chi connectivity index (χ1v) is 3.44. The number of carboxylic acids is 1. The summed E-state index contributed by atoms with van der Waals surface area (Å²) in [6.07, 6.45) is -2.98. The average molecular weight is 195 g/mol. The SMILES string of the molecule is C[C@@H]1NC(=O)O[C@H]1C(F)(F)C(=O)O. The molecule has 0 saturated carbocycles. The van der Waals surface area contributed by atoms with Gasteiger partial charge in [-0.3, -0.25) is 0 Å². The molecule has 0 aromatic carbocycles. The Morgan fingerprint density at radius 1 is 1.69 bits per heavy atom. The molecule has 13 heavy (non-hydrogen) atoms. The summed E-state index contributed by atoms with van der Waals surface area (Å²) >= 11 is 0. The molecule has 0 aromatic heterocycles. The van der Waals surface area contributed by atoms with Crippen molar-refractivity contribution in [3.05, 3.63) is 0 Å². The Morgan fingerprint density at radius 2 is 2.23 bits per heavy atom. The lowest BCUT2D eigenvalue weighted by Crippen LogP contribution is -2.47. The van der Waals surface area contributed by atoms with Gasteiger partial charge in [0.2, 0.25) is 0 Å². The largest absolute Gasteiger partial charge is 0.477 e. The van der Waals surface area contributed by atoms with Crippen LogP contribution in [0.3, 0.4) is 0 Å². The van der Waals surface area contributed by atoms with Crippen molar-refractivity contribution in [2.45, 2.75) is 25.0 Å². The number of rotatable bonds is 2. The van der Waals surface area contributed by atoms with Crippen LogP contribution in [0.2, 0.25) is 0 Å². The van der Waals surface area contributed by atoms with Gasteiger partial charge in [-0.2, -0.15) is 8.78 Å². The predicted molar refractivity (Wildman–Crippen MR) is 35.4 cm³/mol. The van der Waals surface area contributed by atoms with Gasteiger partial charge in [0.15, 0.2) is 6.10 Å². The number of alkyl halides is 2. The number of nitrogens with one attached hydrogen (secondary N) is 1. The van der Waals surface area contributed by atoms with Crippen LogP contribution in [0.5, 0.6) is 0 Å². The Bertz CT molecular complexity index is 255. The standard InChI is InChI=1S/C6H7F2NO4/c1-2-3(13-5(12)9-2)6(7,8)4(10)11/h2-3H,1H3,(H,9,12)(H,10,11)/t2-,3+/m0/s1. The maximum Gasteiger partial charge on any atom is 0.408 e. The second-order valence-electron chi connectivity index (χ2n) is 2.69. The zero-order valence-electron chi connectivity index (χ0n) is 6.58. The van der Waals surface area contributed by atoms with Crippen LogP contribution in [0.15, 0.2) is 0 Å². The molecule has 1 amide bonds. The van der Waals surface area contributed by atoms with Gasteiger partial charge in [0.1, 0.15) is 0 Å². The van der Waals surface area contributed by atoms with Crippen molar-refractivity contribution in [2.75, 3.05) is 0 Å². The van der Waals surface area contributed by atoms with Gasteiger partial charge in [0.25, 0.3) is 0 Å². The topological polar surface area (TPSA) is 75.6 Å². The first-order valence-electron chi connectivity index (χ1n) is 3.44. The minimum Gasteiger partial charge on any atom is -0.477 e. The van der Waals surface area contributed by atoms with Crippen molar-refractivity contribution in [3.8, 4) is 0 Å². The number of aliphatic carboxylic acids is 1. The maximum absolute atomic E-state index is 12.8. The number of carbonyl (C=O) groups is 2. The molecule has 5 nitrogen and oxygen atoms in total. The van der Waals surface area contributed by atoms with Crippen molar-refractivity contribution in [1.82, 2.24) is 5.32 Å². The van der Waals surface area contributed by atoms with Crippen LogP contribution < -0.4 is 5.32 Å². The number of alkyl carbamates (subject to hydrolysis) is 1. The summed E-state index contributed by atoms with van der Waals surface area (Å²) in [5, 5.41) is 10.2.